The van der Waals surface area contributed by atoms with Gasteiger partial charge >= 0.3 is 0 Å². The zero-order valence-electron chi connectivity index (χ0n) is 15.0. The quantitative estimate of drug-likeness (QED) is 0.715. The van der Waals surface area contributed by atoms with E-state index in [1.54, 1.807) is 15.9 Å². The minimum absolute atomic E-state index is 0.0226. The Hall–Kier alpha value is -2.48. The first-order chi connectivity index (χ1) is 13.5. The molecule has 0 bridgehead atoms. The number of halogens is 3. The molecule has 0 saturated carbocycles. The van der Waals surface area contributed by atoms with Gasteiger partial charge in [0.2, 0.25) is 0 Å². The van der Waals surface area contributed by atoms with Gasteiger partial charge in [0.1, 0.15) is 5.82 Å². The van der Waals surface area contributed by atoms with Crippen molar-refractivity contribution in [3.8, 4) is 0 Å². The Morgan fingerprint density at radius 2 is 1.46 bits per heavy atom. The molecule has 2 aromatic carbocycles. The second kappa shape index (κ2) is 9.14. The fraction of sp³-hybridized carbons (Fsp3) is 0.300. The second-order valence-electron chi connectivity index (χ2n) is 6.32. The van der Waals surface area contributed by atoms with E-state index in [1.165, 1.54) is 42.5 Å². The number of carbonyl (C=O) groups excluding carboxylic acids is 2. The fourth-order valence-electron chi connectivity index (χ4n) is 3.09. The van der Waals surface area contributed by atoms with Gasteiger partial charge in [-0.3, -0.25) is 9.59 Å². The summed E-state index contributed by atoms with van der Waals surface area (Å²) < 4.78 is 38.7. The van der Waals surface area contributed by atoms with Gasteiger partial charge in [0.05, 0.1) is 5.56 Å². The maximum absolute atomic E-state index is 13.9. The number of carbonyl (C=O) groups is 2. The van der Waals surface area contributed by atoms with Gasteiger partial charge in [-0.2, -0.15) is 8.78 Å². The van der Waals surface area contributed by atoms with Gasteiger partial charge in [0, 0.05) is 36.6 Å². The predicted octanol–water partition coefficient (Wildman–Crippen LogP) is 4.13. The van der Waals surface area contributed by atoms with Crippen LogP contribution in [0.3, 0.4) is 0 Å². The number of hydrogen-bond acceptors (Lipinski definition) is 3. The van der Waals surface area contributed by atoms with Crippen molar-refractivity contribution in [2.45, 2.75) is 17.1 Å². The summed E-state index contributed by atoms with van der Waals surface area (Å²) in [6.45, 7) is 1.53. The number of hydrogen-bond donors (Lipinski definition) is 0. The van der Waals surface area contributed by atoms with E-state index in [9.17, 15) is 22.8 Å². The molecule has 0 aliphatic carbocycles. The van der Waals surface area contributed by atoms with Gasteiger partial charge in [0.15, 0.2) is 0 Å². The van der Waals surface area contributed by atoms with Crippen LogP contribution in [0.4, 0.5) is 13.2 Å². The summed E-state index contributed by atoms with van der Waals surface area (Å²) in [6.07, 6.45) is 0.575. The molecule has 0 unspecified atom stereocenters. The number of alkyl halides is 2. The molecule has 0 radical (unpaired) electrons. The van der Waals surface area contributed by atoms with Crippen molar-refractivity contribution < 1.29 is 22.8 Å². The first-order valence-electron chi connectivity index (χ1n) is 8.83. The summed E-state index contributed by atoms with van der Waals surface area (Å²) >= 11 is 0.427. The van der Waals surface area contributed by atoms with E-state index in [4.69, 9.17) is 0 Å². The third-order valence-corrected chi connectivity index (χ3v) is 5.22. The first-order valence-corrected chi connectivity index (χ1v) is 9.71. The van der Waals surface area contributed by atoms with E-state index in [1.807, 2.05) is 0 Å². The van der Waals surface area contributed by atoms with E-state index < -0.39 is 11.6 Å². The van der Waals surface area contributed by atoms with Crippen molar-refractivity contribution in [1.29, 1.82) is 0 Å². The Labute approximate surface area is 165 Å². The highest BCUT2D eigenvalue weighted by atomic mass is 32.2. The molecule has 28 heavy (non-hydrogen) atoms. The lowest BCUT2D eigenvalue weighted by molar-refractivity contribution is 0.0716. The maximum atomic E-state index is 13.9. The number of nitrogens with zero attached hydrogens (tertiary/aromatic N) is 2. The summed E-state index contributed by atoms with van der Waals surface area (Å²) in [5.74, 6) is -3.67. The van der Waals surface area contributed by atoms with Crippen molar-refractivity contribution >= 4 is 23.6 Å². The van der Waals surface area contributed by atoms with Crippen molar-refractivity contribution in [3.05, 3.63) is 65.5 Å². The topological polar surface area (TPSA) is 40.6 Å². The lowest BCUT2D eigenvalue weighted by Gasteiger charge is -2.22. The average Bonchev–Trinajstić information content (AvgIpc) is 2.94. The molecule has 0 atom stereocenters. The molecule has 3 rings (SSSR count). The van der Waals surface area contributed by atoms with Gasteiger partial charge < -0.3 is 9.80 Å². The van der Waals surface area contributed by atoms with Crippen LogP contribution < -0.4 is 0 Å². The molecule has 1 heterocycles. The van der Waals surface area contributed by atoms with Crippen LogP contribution >= 0.6 is 11.8 Å². The minimum Gasteiger partial charge on any atom is -0.337 e. The average molecular weight is 408 g/mol. The third-order valence-electron chi connectivity index (χ3n) is 4.50. The van der Waals surface area contributed by atoms with E-state index in [0.717, 1.165) is 0 Å². The highest BCUT2D eigenvalue weighted by Gasteiger charge is 2.24. The maximum Gasteiger partial charge on any atom is 0.288 e. The zero-order chi connectivity index (χ0) is 20.1. The lowest BCUT2D eigenvalue weighted by Crippen LogP contribution is -2.37. The largest absolute Gasteiger partial charge is 0.337 e. The highest BCUT2D eigenvalue weighted by molar-refractivity contribution is 7.99. The second-order valence-corrected chi connectivity index (χ2v) is 7.38. The van der Waals surface area contributed by atoms with E-state index >= 15 is 0 Å². The summed E-state index contributed by atoms with van der Waals surface area (Å²) in [5.41, 5.74) is 0.432. The SMILES string of the molecule is O=C(c1ccc(SC(F)F)cc1)N1CCCN(C(=O)c2ccccc2F)CC1. The molecule has 0 aromatic heterocycles. The van der Waals surface area contributed by atoms with Crippen LogP contribution in [0.1, 0.15) is 27.1 Å². The van der Waals surface area contributed by atoms with E-state index in [-0.39, 0.29) is 17.4 Å². The predicted molar refractivity (Wildman–Crippen MR) is 101 cm³/mol. The molecule has 2 aromatic rings. The molecular weight excluding hydrogens is 389 g/mol. The molecule has 1 fully saturated rings. The highest BCUT2D eigenvalue weighted by Crippen LogP contribution is 2.25. The summed E-state index contributed by atoms with van der Waals surface area (Å²) in [6, 6.07) is 11.9. The summed E-state index contributed by atoms with van der Waals surface area (Å²) in [7, 11) is 0. The molecular formula is C20H19F3N2O2S. The normalized spacial score (nSPS) is 14.9. The van der Waals surface area contributed by atoms with Gasteiger partial charge in [-0.15, -0.1) is 0 Å². The van der Waals surface area contributed by atoms with Crippen LogP contribution in [0.25, 0.3) is 0 Å². The smallest absolute Gasteiger partial charge is 0.288 e. The van der Waals surface area contributed by atoms with Crippen LogP contribution in [-0.4, -0.2) is 53.6 Å². The molecule has 1 aliphatic heterocycles. The van der Waals surface area contributed by atoms with Crippen LogP contribution in [-0.2, 0) is 0 Å². The molecule has 0 spiro atoms. The molecule has 1 saturated heterocycles. The Morgan fingerprint density at radius 3 is 2.07 bits per heavy atom. The Balaban J connectivity index is 1.64. The minimum atomic E-state index is -2.51. The zero-order valence-corrected chi connectivity index (χ0v) is 15.8. The van der Waals surface area contributed by atoms with Crippen molar-refractivity contribution in [3.63, 3.8) is 0 Å². The van der Waals surface area contributed by atoms with Gasteiger partial charge in [-0.05, 0) is 42.8 Å². The number of thioether (sulfide) groups is 1. The fourth-order valence-corrected chi connectivity index (χ4v) is 3.59. The molecule has 8 heteroatoms. The molecule has 4 nitrogen and oxygen atoms in total. The van der Waals surface area contributed by atoms with Crippen molar-refractivity contribution in [2.24, 2.45) is 0 Å². The number of amides is 2. The van der Waals surface area contributed by atoms with Gasteiger partial charge in [-0.1, -0.05) is 23.9 Å². The monoisotopic (exact) mass is 408 g/mol. The Morgan fingerprint density at radius 1 is 0.857 bits per heavy atom. The van der Waals surface area contributed by atoms with Crippen LogP contribution in [0.2, 0.25) is 0 Å². The third kappa shape index (κ3) is 4.86. The molecule has 0 N–H and O–H groups in total. The van der Waals surface area contributed by atoms with Crippen LogP contribution in [0.5, 0.6) is 0 Å². The standard InChI is InChI=1S/C20H19F3N2O2S/c21-17-5-2-1-4-16(17)19(27)25-11-3-10-24(12-13-25)18(26)14-6-8-15(9-7-14)28-20(22)23/h1-2,4-9,20H,3,10-13H2. The van der Waals surface area contributed by atoms with Gasteiger partial charge in [-0.25, -0.2) is 4.39 Å². The van der Waals surface area contributed by atoms with E-state index in [0.29, 0.717) is 54.8 Å². The Kier molecular flexibility index (Phi) is 6.61. The first kappa shape index (κ1) is 20.3. The summed E-state index contributed by atoms with van der Waals surface area (Å²) in [4.78, 5) is 28.8. The van der Waals surface area contributed by atoms with Crippen LogP contribution in [0, 0.1) is 5.82 Å². The van der Waals surface area contributed by atoms with Crippen molar-refractivity contribution in [2.75, 3.05) is 26.2 Å². The lowest BCUT2D eigenvalue weighted by atomic mass is 10.2. The Bertz CT molecular complexity index is 846. The summed E-state index contributed by atoms with van der Waals surface area (Å²) in [5, 5.41) is 0. The molecule has 1 aliphatic rings. The molecule has 2 amide bonds. The van der Waals surface area contributed by atoms with Crippen molar-refractivity contribution in [1.82, 2.24) is 9.80 Å². The van der Waals surface area contributed by atoms with Crippen LogP contribution in [0.15, 0.2) is 53.4 Å². The van der Waals surface area contributed by atoms with Gasteiger partial charge in [0.25, 0.3) is 17.6 Å². The number of benzene rings is 2. The molecule has 148 valence electrons. The number of rotatable bonds is 4. The van der Waals surface area contributed by atoms with E-state index in [2.05, 4.69) is 0 Å².